The summed E-state index contributed by atoms with van der Waals surface area (Å²) in [6.07, 6.45) is -1.25. The van der Waals surface area contributed by atoms with Gasteiger partial charge in [0.05, 0.1) is 16.4 Å². The molecule has 1 saturated heterocycles. The van der Waals surface area contributed by atoms with Gasteiger partial charge in [0.15, 0.2) is 5.69 Å². The Hall–Kier alpha value is -3.33. The van der Waals surface area contributed by atoms with Gasteiger partial charge in [-0.1, -0.05) is 35.9 Å². The van der Waals surface area contributed by atoms with Crippen molar-refractivity contribution < 1.29 is 22.8 Å². The van der Waals surface area contributed by atoms with Crippen LogP contribution in [0, 0.1) is 0 Å². The van der Waals surface area contributed by atoms with Crippen molar-refractivity contribution >= 4 is 23.4 Å². The smallest absolute Gasteiger partial charge is 0.343 e. The van der Waals surface area contributed by atoms with Gasteiger partial charge in [0.1, 0.15) is 0 Å². The Bertz CT molecular complexity index is 1310. The molecule has 0 unspecified atom stereocenters. The minimum absolute atomic E-state index is 0.0445. The number of hydrogen-bond acceptors (Lipinski definition) is 3. The number of alkyl halides is 3. The largest absolute Gasteiger partial charge is 0.435 e. The van der Waals surface area contributed by atoms with Crippen molar-refractivity contribution in [3.63, 3.8) is 0 Å². The first-order valence-corrected chi connectivity index (χ1v) is 12.6. The van der Waals surface area contributed by atoms with Crippen molar-refractivity contribution in [3.8, 4) is 16.9 Å². The molecular formula is C27H26ClF3N4O2. The Morgan fingerprint density at radius 1 is 0.973 bits per heavy atom. The summed E-state index contributed by atoms with van der Waals surface area (Å²) in [5.74, 6) is -0.0473. The van der Waals surface area contributed by atoms with Crippen LogP contribution < -0.4 is 0 Å². The average molecular weight is 531 g/mol. The van der Waals surface area contributed by atoms with Crippen molar-refractivity contribution in [2.75, 3.05) is 13.1 Å². The number of aromatic nitrogens is 2. The molecular weight excluding hydrogens is 505 g/mol. The fraction of sp³-hybridized carbons (Fsp3) is 0.370. The molecule has 1 aliphatic carbocycles. The van der Waals surface area contributed by atoms with E-state index in [4.69, 9.17) is 11.6 Å². The minimum Gasteiger partial charge on any atom is -0.343 e. The van der Waals surface area contributed by atoms with E-state index in [1.54, 1.807) is 60.4 Å². The van der Waals surface area contributed by atoms with Crippen molar-refractivity contribution in [2.24, 2.45) is 0 Å². The van der Waals surface area contributed by atoms with E-state index in [2.05, 4.69) is 5.10 Å². The van der Waals surface area contributed by atoms with Gasteiger partial charge in [-0.05, 0) is 56.0 Å². The fourth-order valence-electron chi connectivity index (χ4n) is 4.91. The third-order valence-corrected chi connectivity index (χ3v) is 7.31. The highest BCUT2D eigenvalue weighted by molar-refractivity contribution is 6.32. The second-order valence-corrected chi connectivity index (χ2v) is 9.94. The molecule has 1 aromatic heterocycles. The van der Waals surface area contributed by atoms with Gasteiger partial charge < -0.3 is 9.80 Å². The zero-order valence-electron chi connectivity index (χ0n) is 20.2. The number of para-hydroxylation sites is 1. The summed E-state index contributed by atoms with van der Waals surface area (Å²) in [5, 5.41) is 4.06. The lowest BCUT2D eigenvalue weighted by Gasteiger charge is -2.38. The van der Waals surface area contributed by atoms with E-state index < -0.39 is 11.9 Å². The van der Waals surface area contributed by atoms with Crippen LogP contribution in [-0.4, -0.2) is 56.6 Å². The quantitative estimate of drug-likeness (QED) is 0.417. The van der Waals surface area contributed by atoms with Gasteiger partial charge >= 0.3 is 6.18 Å². The summed E-state index contributed by atoms with van der Waals surface area (Å²) in [7, 11) is 0. The second kappa shape index (κ2) is 9.85. The molecule has 2 aliphatic rings. The number of piperidine rings is 1. The molecule has 6 nitrogen and oxygen atoms in total. The van der Waals surface area contributed by atoms with Crippen LogP contribution in [0.2, 0.25) is 5.02 Å². The fourth-order valence-corrected chi connectivity index (χ4v) is 5.12. The number of carbonyl (C=O) groups is 2. The summed E-state index contributed by atoms with van der Waals surface area (Å²) >= 11 is 6.27. The molecule has 3 aromatic rings. The number of rotatable bonds is 5. The van der Waals surface area contributed by atoms with Crippen molar-refractivity contribution in [2.45, 2.75) is 50.9 Å². The van der Waals surface area contributed by atoms with Gasteiger partial charge in [-0.3, -0.25) is 9.59 Å². The van der Waals surface area contributed by atoms with E-state index in [0.29, 0.717) is 29.9 Å². The number of carbonyl (C=O) groups excluding carboxylic acids is 2. The maximum Gasteiger partial charge on any atom is 0.435 e. The van der Waals surface area contributed by atoms with Crippen LogP contribution in [0.1, 0.15) is 48.7 Å². The summed E-state index contributed by atoms with van der Waals surface area (Å²) in [5.41, 5.74) is 0.470. The predicted molar refractivity (Wildman–Crippen MR) is 133 cm³/mol. The Balaban J connectivity index is 1.43. The molecule has 2 heterocycles. The molecule has 5 rings (SSSR count). The zero-order chi connectivity index (χ0) is 26.3. The summed E-state index contributed by atoms with van der Waals surface area (Å²) in [6, 6.07) is 14.4. The molecule has 37 heavy (non-hydrogen) atoms. The van der Waals surface area contributed by atoms with E-state index in [0.717, 1.165) is 31.7 Å². The third-order valence-electron chi connectivity index (χ3n) is 6.99. The molecule has 0 bridgehead atoms. The highest BCUT2D eigenvalue weighted by atomic mass is 35.5. The molecule has 10 heteroatoms. The lowest BCUT2D eigenvalue weighted by Crippen LogP contribution is -2.49. The number of benzene rings is 2. The van der Waals surface area contributed by atoms with Crippen LogP contribution >= 0.6 is 11.6 Å². The minimum atomic E-state index is -4.63. The van der Waals surface area contributed by atoms with Gasteiger partial charge in [-0.15, -0.1) is 0 Å². The maximum atomic E-state index is 13.5. The topological polar surface area (TPSA) is 58.4 Å². The first-order chi connectivity index (χ1) is 17.6. The van der Waals surface area contributed by atoms with Crippen LogP contribution in [-0.2, 0) is 11.0 Å². The number of halogens is 4. The van der Waals surface area contributed by atoms with E-state index in [1.165, 1.54) is 4.68 Å². The molecule has 0 N–H and O–H groups in total. The average Bonchev–Trinajstić information content (AvgIpc) is 3.60. The summed E-state index contributed by atoms with van der Waals surface area (Å²) < 4.78 is 41.7. The lowest BCUT2D eigenvalue weighted by molar-refractivity contribution is -0.141. The number of likely N-dealkylation sites (tertiary alicyclic amines) is 1. The lowest BCUT2D eigenvalue weighted by atomic mass is 10.0. The molecule has 1 aliphatic heterocycles. The molecule has 2 fully saturated rings. The van der Waals surface area contributed by atoms with Crippen LogP contribution in [0.3, 0.4) is 0 Å². The Kier molecular flexibility index (Phi) is 6.74. The van der Waals surface area contributed by atoms with Crippen LogP contribution in [0.4, 0.5) is 13.2 Å². The highest BCUT2D eigenvalue weighted by Crippen LogP contribution is 2.36. The SMILES string of the molecule is CC(=O)N1CCC(N(C(=O)c2ccc(-c3cc(C(F)(F)F)nn3-c3ccccc3Cl)cc2)C2CC2)CC1. The molecule has 2 aromatic carbocycles. The maximum absolute atomic E-state index is 13.5. The Labute approximate surface area is 217 Å². The number of amides is 2. The van der Waals surface area contributed by atoms with Crippen LogP contribution in [0.5, 0.6) is 0 Å². The van der Waals surface area contributed by atoms with Crippen LogP contribution in [0.15, 0.2) is 54.6 Å². The first kappa shape index (κ1) is 25.3. The number of hydrogen-bond donors (Lipinski definition) is 0. The molecule has 0 radical (unpaired) electrons. The Morgan fingerprint density at radius 2 is 1.59 bits per heavy atom. The predicted octanol–water partition coefficient (Wildman–Crippen LogP) is 5.83. The van der Waals surface area contributed by atoms with Crippen molar-refractivity contribution in [3.05, 3.63) is 70.9 Å². The molecule has 1 saturated carbocycles. The molecule has 2 amide bonds. The van der Waals surface area contributed by atoms with Gasteiger partial charge in [0.2, 0.25) is 5.91 Å². The Morgan fingerprint density at radius 3 is 2.16 bits per heavy atom. The van der Waals surface area contributed by atoms with Crippen molar-refractivity contribution in [1.82, 2.24) is 19.6 Å². The van der Waals surface area contributed by atoms with E-state index in [9.17, 15) is 22.8 Å². The van der Waals surface area contributed by atoms with E-state index >= 15 is 0 Å². The number of nitrogens with zero attached hydrogens (tertiary/aromatic N) is 4. The second-order valence-electron chi connectivity index (χ2n) is 9.53. The highest BCUT2D eigenvalue weighted by Gasteiger charge is 2.39. The zero-order valence-corrected chi connectivity index (χ0v) is 21.0. The molecule has 0 spiro atoms. The molecule has 194 valence electrons. The first-order valence-electron chi connectivity index (χ1n) is 12.2. The van der Waals surface area contributed by atoms with Gasteiger partial charge in [-0.25, -0.2) is 4.68 Å². The third kappa shape index (κ3) is 5.23. The van der Waals surface area contributed by atoms with E-state index in [-0.39, 0.29) is 34.6 Å². The van der Waals surface area contributed by atoms with Gasteiger partial charge in [0.25, 0.3) is 5.91 Å². The standard InChI is InChI=1S/C27H26ClF3N4O2/c1-17(36)33-14-12-21(13-15-33)34(20-10-11-20)26(37)19-8-6-18(7-9-19)24-16-25(27(29,30)31)32-35(24)23-5-3-2-4-22(23)28/h2-9,16,20-21H,10-15H2,1H3. The molecule has 0 atom stereocenters. The van der Waals surface area contributed by atoms with Gasteiger partial charge in [0, 0.05) is 43.2 Å². The monoisotopic (exact) mass is 530 g/mol. The van der Waals surface area contributed by atoms with Crippen LogP contribution in [0.25, 0.3) is 16.9 Å². The van der Waals surface area contributed by atoms with Crippen molar-refractivity contribution in [1.29, 1.82) is 0 Å². The normalized spacial score (nSPS) is 16.6. The van der Waals surface area contributed by atoms with E-state index in [1.807, 2.05) is 4.90 Å². The summed E-state index contributed by atoms with van der Waals surface area (Å²) in [6.45, 7) is 2.81. The summed E-state index contributed by atoms with van der Waals surface area (Å²) in [4.78, 5) is 29.0. The van der Waals surface area contributed by atoms with Gasteiger partial charge in [-0.2, -0.15) is 18.3 Å².